The number of rotatable bonds is 2. The number of nitrogens with zero attached hydrogens (tertiary/aromatic N) is 3. The molecule has 2 heterocycles. The molecule has 0 bridgehead atoms. The van der Waals surface area contributed by atoms with Crippen molar-refractivity contribution in [2.45, 2.75) is 19.9 Å². The molecule has 0 atom stereocenters. The molecule has 1 aromatic heterocycles. The van der Waals surface area contributed by atoms with Crippen LogP contribution in [0.5, 0.6) is 0 Å². The number of aryl methyl sites for hydroxylation is 1. The third-order valence-electron chi connectivity index (χ3n) is 2.34. The van der Waals surface area contributed by atoms with Crippen molar-refractivity contribution in [1.82, 2.24) is 9.97 Å². The molecular formula is C9H14N4. The van der Waals surface area contributed by atoms with Crippen molar-refractivity contribution in [1.29, 1.82) is 0 Å². The standard InChI is InChI=1S/C9H14N4/c1-7-11-6-8(5-10)9(12-7)13-3-2-4-13/h6H,2-5,10H2,1H3. The van der Waals surface area contributed by atoms with Gasteiger partial charge in [0.25, 0.3) is 0 Å². The van der Waals surface area contributed by atoms with Crippen molar-refractivity contribution >= 4 is 5.82 Å². The molecule has 4 heteroatoms. The smallest absolute Gasteiger partial charge is 0.136 e. The van der Waals surface area contributed by atoms with Crippen molar-refractivity contribution in [3.05, 3.63) is 17.6 Å². The van der Waals surface area contributed by atoms with Gasteiger partial charge in [-0.25, -0.2) is 9.97 Å². The van der Waals surface area contributed by atoms with Gasteiger partial charge < -0.3 is 10.6 Å². The Labute approximate surface area is 77.8 Å². The van der Waals surface area contributed by atoms with Gasteiger partial charge in [-0.3, -0.25) is 0 Å². The molecule has 1 fully saturated rings. The zero-order chi connectivity index (χ0) is 9.26. The largest absolute Gasteiger partial charge is 0.356 e. The fraction of sp³-hybridized carbons (Fsp3) is 0.556. The van der Waals surface area contributed by atoms with Crippen molar-refractivity contribution < 1.29 is 0 Å². The van der Waals surface area contributed by atoms with Gasteiger partial charge in [0.05, 0.1) is 0 Å². The molecule has 4 nitrogen and oxygen atoms in total. The van der Waals surface area contributed by atoms with E-state index in [4.69, 9.17) is 5.73 Å². The van der Waals surface area contributed by atoms with Crippen molar-refractivity contribution in [2.24, 2.45) is 5.73 Å². The number of aromatic nitrogens is 2. The molecule has 1 saturated heterocycles. The van der Waals surface area contributed by atoms with E-state index in [1.807, 2.05) is 13.1 Å². The van der Waals surface area contributed by atoms with Gasteiger partial charge in [0.1, 0.15) is 11.6 Å². The molecule has 0 unspecified atom stereocenters. The van der Waals surface area contributed by atoms with Gasteiger partial charge in [0.15, 0.2) is 0 Å². The second-order valence-electron chi connectivity index (χ2n) is 3.31. The maximum Gasteiger partial charge on any atom is 0.136 e. The van der Waals surface area contributed by atoms with E-state index in [9.17, 15) is 0 Å². The average molecular weight is 178 g/mol. The summed E-state index contributed by atoms with van der Waals surface area (Å²) in [6, 6.07) is 0. The Kier molecular flexibility index (Phi) is 2.14. The Morgan fingerprint density at radius 1 is 1.54 bits per heavy atom. The van der Waals surface area contributed by atoms with Crippen LogP contribution in [0.4, 0.5) is 5.82 Å². The minimum absolute atomic E-state index is 0.520. The van der Waals surface area contributed by atoms with E-state index < -0.39 is 0 Å². The van der Waals surface area contributed by atoms with E-state index in [2.05, 4.69) is 14.9 Å². The van der Waals surface area contributed by atoms with Crippen LogP contribution in [0.15, 0.2) is 6.20 Å². The summed E-state index contributed by atoms with van der Waals surface area (Å²) in [5.74, 6) is 1.85. The van der Waals surface area contributed by atoms with E-state index >= 15 is 0 Å². The molecule has 1 aromatic rings. The molecule has 0 aliphatic carbocycles. The molecule has 2 rings (SSSR count). The molecule has 0 aromatic carbocycles. The molecule has 0 amide bonds. The summed E-state index contributed by atoms with van der Waals surface area (Å²) < 4.78 is 0. The Morgan fingerprint density at radius 2 is 2.31 bits per heavy atom. The Morgan fingerprint density at radius 3 is 2.85 bits per heavy atom. The zero-order valence-corrected chi connectivity index (χ0v) is 7.82. The fourth-order valence-electron chi connectivity index (χ4n) is 1.43. The number of nitrogens with two attached hydrogens (primary N) is 1. The first-order valence-electron chi connectivity index (χ1n) is 4.59. The van der Waals surface area contributed by atoms with Gasteiger partial charge in [-0.15, -0.1) is 0 Å². The second kappa shape index (κ2) is 3.30. The van der Waals surface area contributed by atoms with Crippen molar-refractivity contribution in [3.63, 3.8) is 0 Å². The maximum atomic E-state index is 5.61. The molecule has 70 valence electrons. The first kappa shape index (κ1) is 8.44. The molecule has 13 heavy (non-hydrogen) atoms. The van der Waals surface area contributed by atoms with Crippen molar-refractivity contribution in [3.8, 4) is 0 Å². The van der Waals surface area contributed by atoms with Crippen LogP contribution in [0.25, 0.3) is 0 Å². The van der Waals surface area contributed by atoms with Gasteiger partial charge >= 0.3 is 0 Å². The highest BCUT2D eigenvalue weighted by molar-refractivity contribution is 5.47. The second-order valence-corrected chi connectivity index (χ2v) is 3.31. The third-order valence-corrected chi connectivity index (χ3v) is 2.34. The third kappa shape index (κ3) is 1.49. The molecule has 2 N–H and O–H groups in total. The Hall–Kier alpha value is -1.16. The van der Waals surface area contributed by atoms with Gasteiger partial charge in [-0.05, 0) is 13.3 Å². The lowest BCUT2D eigenvalue weighted by atomic mass is 10.2. The van der Waals surface area contributed by atoms with E-state index in [-0.39, 0.29) is 0 Å². The zero-order valence-electron chi connectivity index (χ0n) is 7.82. The minimum atomic E-state index is 0.520. The van der Waals surface area contributed by atoms with Crippen LogP contribution < -0.4 is 10.6 Å². The SMILES string of the molecule is Cc1ncc(CN)c(N2CCC2)n1. The lowest BCUT2D eigenvalue weighted by Gasteiger charge is -2.33. The number of anilines is 1. The van der Waals surface area contributed by atoms with E-state index in [1.165, 1.54) is 6.42 Å². The minimum Gasteiger partial charge on any atom is -0.356 e. The molecule has 1 aliphatic rings. The summed E-state index contributed by atoms with van der Waals surface area (Å²) in [6.45, 7) is 4.63. The first-order chi connectivity index (χ1) is 6.31. The summed E-state index contributed by atoms with van der Waals surface area (Å²) in [6.07, 6.45) is 3.09. The lowest BCUT2D eigenvalue weighted by molar-refractivity contribution is 0.604. The maximum absolute atomic E-state index is 5.61. The van der Waals surface area contributed by atoms with Gasteiger partial charge in [0.2, 0.25) is 0 Å². The normalized spacial score (nSPS) is 15.7. The summed E-state index contributed by atoms with van der Waals surface area (Å²) >= 11 is 0. The molecular weight excluding hydrogens is 164 g/mol. The summed E-state index contributed by atoms with van der Waals surface area (Å²) in [5, 5.41) is 0. The van der Waals surface area contributed by atoms with Gasteiger partial charge in [0, 0.05) is 31.4 Å². The highest BCUT2D eigenvalue weighted by Crippen LogP contribution is 2.21. The summed E-state index contributed by atoms with van der Waals surface area (Å²) in [7, 11) is 0. The highest BCUT2D eigenvalue weighted by Gasteiger charge is 2.18. The summed E-state index contributed by atoms with van der Waals surface area (Å²) in [5.41, 5.74) is 6.66. The van der Waals surface area contributed by atoms with Crippen LogP contribution in [-0.2, 0) is 6.54 Å². The van der Waals surface area contributed by atoms with Crippen LogP contribution in [0, 0.1) is 6.92 Å². The van der Waals surface area contributed by atoms with Crippen LogP contribution in [-0.4, -0.2) is 23.1 Å². The predicted octanol–water partition coefficient (Wildman–Crippen LogP) is 0.454. The topological polar surface area (TPSA) is 55.0 Å². The Balaban J connectivity index is 2.33. The van der Waals surface area contributed by atoms with Crippen molar-refractivity contribution in [2.75, 3.05) is 18.0 Å². The van der Waals surface area contributed by atoms with Crippen LogP contribution in [0.1, 0.15) is 17.8 Å². The molecule has 0 saturated carbocycles. The quantitative estimate of drug-likeness (QED) is 0.714. The fourth-order valence-corrected chi connectivity index (χ4v) is 1.43. The van der Waals surface area contributed by atoms with E-state index in [0.29, 0.717) is 6.54 Å². The van der Waals surface area contributed by atoms with Crippen LogP contribution >= 0.6 is 0 Å². The average Bonchev–Trinajstić information content (AvgIpc) is 2.02. The van der Waals surface area contributed by atoms with Crippen LogP contribution in [0.2, 0.25) is 0 Å². The number of hydrogen-bond donors (Lipinski definition) is 1. The first-order valence-corrected chi connectivity index (χ1v) is 4.59. The Bertz CT molecular complexity index is 306. The molecule has 0 spiro atoms. The lowest BCUT2D eigenvalue weighted by Crippen LogP contribution is -2.38. The van der Waals surface area contributed by atoms with E-state index in [0.717, 1.165) is 30.3 Å². The molecule has 1 aliphatic heterocycles. The number of hydrogen-bond acceptors (Lipinski definition) is 4. The molecule has 0 radical (unpaired) electrons. The van der Waals surface area contributed by atoms with E-state index in [1.54, 1.807) is 0 Å². The van der Waals surface area contributed by atoms with Gasteiger partial charge in [-0.2, -0.15) is 0 Å². The highest BCUT2D eigenvalue weighted by atomic mass is 15.2. The van der Waals surface area contributed by atoms with Crippen LogP contribution in [0.3, 0.4) is 0 Å². The van der Waals surface area contributed by atoms with Gasteiger partial charge in [-0.1, -0.05) is 0 Å². The summed E-state index contributed by atoms with van der Waals surface area (Å²) in [4.78, 5) is 10.8. The monoisotopic (exact) mass is 178 g/mol. The predicted molar refractivity (Wildman–Crippen MR) is 51.5 cm³/mol.